The molecule has 0 fully saturated rings. The molecule has 0 bridgehead atoms. The molecule has 102 valence electrons. The standard InChI is InChI=1S/C12H19O5P/c1-3-16-18(15,17-4-2)8-7-10-5-6-11(13)9-12(10)14/h5-6,9,13-14H,3-4,7-8H2,1-2H3. The van der Waals surface area contributed by atoms with Gasteiger partial charge >= 0.3 is 7.60 Å². The Kier molecular flexibility index (Phi) is 5.66. The molecule has 1 rings (SSSR count). The van der Waals surface area contributed by atoms with Crippen molar-refractivity contribution in [2.45, 2.75) is 20.3 Å². The fourth-order valence-corrected chi connectivity index (χ4v) is 3.22. The monoisotopic (exact) mass is 274 g/mol. The van der Waals surface area contributed by atoms with Crippen molar-refractivity contribution in [1.82, 2.24) is 0 Å². The Hall–Kier alpha value is -1.03. The van der Waals surface area contributed by atoms with Crippen molar-refractivity contribution in [2.75, 3.05) is 19.4 Å². The zero-order chi connectivity index (χ0) is 13.6. The van der Waals surface area contributed by atoms with Crippen LogP contribution in [0.2, 0.25) is 0 Å². The molecule has 6 heteroatoms. The molecule has 0 aliphatic carbocycles. The summed E-state index contributed by atoms with van der Waals surface area (Å²) in [6.07, 6.45) is 0.566. The second-order valence-electron chi connectivity index (χ2n) is 3.73. The minimum Gasteiger partial charge on any atom is -0.508 e. The SMILES string of the molecule is CCOP(=O)(CCc1ccc(O)cc1O)OCC. The fraction of sp³-hybridized carbons (Fsp3) is 0.500. The zero-order valence-electron chi connectivity index (χ0n) is 10.6. The van der Waals surface area contributed by atoms with Crippen LogP contribution in [-0.2, 0) is 20.0 Å². The molecule has 0 aliphatic heterocycles. The summed E-state index contributed by atoms with van der Waals surface area (Å²) in [5, 5.41) is 18.8. The molecule has 0 aliphatic rings. The first-order chi connectivity index (χ1) is 8.50. The molecule has 0 spiro atoms. The number of rotatable bonds is 7. The van der Waals surface area contributed by atoms with E-state index in [9.17, 15) is 9.67 Å². The van der Waals surface area contributed by atoms with E-state index in [0.29, 0.717) is 25.2 Å². The summed E-state index contributed by atoms with van der Waals surface area (Å²) < 4.78 is 22.5. The Bertz CT molecular complexity index is 422. The first-order valence-electron chi connectivity index (χ1n) is 5.89. The second-order valence-corrected chi connectivity index (χ2v) is 5.92. The van der Waals surface area contributed by atoms with Crippen molar-refractivity contribution < 1.29 is 23.8 Å². The number of aryl methyl sites for hydroxylation is 1. The lowest BCUT2D eigenvalue weighted by Gasteiger charge is -2.17. The number of hydrogen-bond acceptors (Lipinski definition) is 5. The Morgan fingerprint density at radius 2 is 1.78 bits per heavy atom. The largest absolute Gasteiger partial charge is 0.508 e. The summed E-state index contributed by atoms with van der Waals surface area (Å²) in [4.78, 5) is 0. The van der Waals surface area contributed by atoms with Gasteiger partial charge in [0.05, 0.1) is 19.4 Å². The highest BCUT2D eigenvalue weighted by Crippen LogP contribution is 2.48. The third-order valence-corrected chi connectivity index (χ3v) is 4.45. The van der Waals surface area contributed by atoms with Crippen molar-refractivity contribution >= 4 is 7.60 Å². The lowest BCUT2D eigenvalue weighted by atomic mass is 10.1. The fourth-order valence-electron chi connectivity index (χ4n) is 1.58. The maximum absolute atomic E-state index is 12.2. The minimum absolute atomic E-state index is 0.00551. The first kappa shape index (κ1) is 15.0. The van der Waals surface area contributed by atoms with Gasteiger partial charge in [0.1, 0.15) is 11.5 Å². The van der Waals surface area contributed by atoms with E-state index in [-0.39, 0.29) is 17.7 Å². The maximum atomic E-state index is 12.2. The molecule has 1 aromatic rings. The van der Waals surface area contributed by atoms with Crippen molar-refractivity contribution in [1.29, 1.82) is 0 Å². The molecule has 1 aromatic carbocycles. The van der Waals surface area contributed by atoms with E-state index in [1.165, 1.54) is 12.1 Å². The van der Waals surface area contributed by atoms with E-state index < -0.39 is 7.60 Å². The zero-order valence-corrected chi connectivity index (χ0v) is 11.5. The maximum Gasteiger partial charge on any atom is 0.330 e. The molecule has 0 aromatic heterocycles. The summed E-state index contributed by atoms with van der Waals surface area (Å²) in [7, 11) is -3.09. The highest BCUT2D eigenvalue weighted by Gasteiger charge is 2.23. The molecular formula is C12H19O5P. The summed E-state index contributed by atoms with van der Waals surface area (Å²) in [5.41, 5.74) is 0.604. The molecule has 0 unspecified atom stereocenters. The lowest BCUT2D eigenvalue weighted by Crippen LogP contribution is -2.02. The third-order valence-electron chi connectivity index (χ3n) is 2.38. The van der Waals surface area contributed by atoms with E-state index in [1.54, 1.807) is 19.9 Å². The predicted molar refractivity (Wildman–Crippen MR) is 69.2 cm³/mol. The van der Waals surface area contributed by atoms with Crippen LogP contribution in [0.5, 0.6) is 11.5 Å². The van der Waals surface area contributed by atoms with Gasteiger partial charge in [-0.25, -0.2) is 0 Å². The topological polar surface area (TPSA) is 76.0 Å². The summed E-state index contributed by atoms with van der Waals surface area (Å²) in [5.74, 6) is -0.0244. The normalized spacial score (nSPS) is 11.7. The Balaban J connectivity index is 2.69. The number of aromatic hydroxyl groups is 2. The van der Waals surface area contributed by atoms with Gasteiger partial charge in [-0.1, -0.05) is 6.07 Å². The van der Waals surface area contributed by atoms with E-state index in [0.717, 1.165) is 0 Å². The molecule has 2 N–H and O–H groups in total. The Morgan fingerprint density at radius 1 is 1.17 bits per heavy atom. The highest BCUT2D eigenvalue weighted by molar-refractivity contribution is 7.53. The lowest BCUT2D eigenvalue weighted by molar-refractivity contribution is 0.220. The van der Waals surface area contributed by atoms with Crippen LogP contribution in [0.4, 0.5) is 0 Å². The van der Waals surface area contributed by atoms with Gasteiger partial charge in [0, 0.05) is 6.07 Å². The Labute approximate surface area is 107 Å². The predicted octanol–water partition coefficient (Wildman–Crippen LogP) is 2.91. The van der Waals surface area contributed by atoms with Crippen molar-refractivity contribution in [2.24, 2.45) is 0 Å². The Morgan fingerprint density at radius 3 is 2.28 bits per heavy atom. The van der Waals surface area contributed by atoms with E-state index in [1.807, 2.05) is 0 Å². The highest BCUT2D eigenvalue weighted by atomic mass is 31.2. The van der Waals surface area contributed by atoms with Gasteiger partial charge in [-0.05, 0) is 31.9 Å². The molecule has 0 heterocycles. The van der Waals surface area contributed by atoms with Crippen LogP contribution in [0, 0.1) is 0 Å². The van der Waals surface area contributed by atoms with Crippen LogP contribution >= 0.6 is 7.60 Å². The summed E-state index contributed by atoms with van der Waals surface area (Å²) >= 11 is 0. The minimum atomic E-state index is -3.09. The van der Waals surface area contributed by atoms with Crippen LogP contribution in [0.3, 0.4) is 0 Å². The smallest absolute Gasteiger partial charge is 0.330 e. The van der Waals surface area contributed by atoms with Gasteiger partial charge < -0.3 is 19.3 Å². The van der Waals surface area contributed by atoms with E-state index in [2.05, 4.69) is 0 Å². The molecule has 0 atom stereocenters. The van der Waals surface area contributed by atoms with Crippen molar-refractivity contribution in [3.63, 3.8) is 0 Å². The van der Waals surface area contributed by atoms with Gasteiger partial charge in [0.25, 0.3) is 0 Å². The summed E-state index contributed by atoms with van der Waals surface area (Å²) in [6, 6.07) is 4.32. The summed E-state index contributed by atoms with van der Waals surface area (Å²) in [6.45, 7) is 4.14. The van der Waals surface area contributed by atoms with Gasteiger partial charge in [-0.2, -0.15) is 0 Å². The molecule has 5 nitrogen and oxygen atoms in total. The van der Waals surface area contributed by atoms with Crippen LogP contribution in [0.15, 0.2) is 18.2 Å². The number of hydrogen-bond donors (Lipinski definition) is 2. The van der Waals surface area contributed by atoms with Gasteiger partial charge in [-0.15, -0.1) is 0 Å². The quantitative estimate of drug-likeness (QED) is 0.748. The molecule has 0 saturated heterocycles. The van der Waals surface area contributed by atoms with Gasteiger partial charge in [0.15, 0.2) is 0 Å². The number of benzene rings is 1. The number of phenols is 2. The molecule has 0 radical (unpaired) electrons. The first-order valence-corrected chi connectivity index (χ1v) is 7.62. The van der Waals surface area contributed by atoms with Gasteiger partial charge in [-0.3, -0.25) is 4.57 Å². The van der Waals surface area contributed by atoms with Crippen LogP contribution in [0.1, 0.15) is 19.4 Å². The average Bonchev–Trinajstić information content (AvgIpc) is 2.28. The molecule has 18 heavy (non-hydrogen) atoms. The average molecular weight is 274 g/mol. The van der Waals surface area contributed by atoms with Crippen LogP contribution < -0.4 is 0 Å². The van der Waals surface area contributed by atoms with E-state index >= 15 is 0 Å². The van der Waals surface area contributed by atoms with Crippen molar-refractivity contribution in [3.05, 3.63) is 23.8 Å². The molecule has 0 amide bonds. The number of phenolic OH excluding ortho intramolecular Hbond substituents is 2. The molecular weight excluding hydrogens is 255 g/mol. The van der Waals surface area contributed by atoms with Crippen molar-refractivity contribution in [3.8, 4) is 11.5 Å². The van der Waals surface area contributed by atoms with Crippen LogP contribution in [-0.4, -0.2) is 29.6 Å². The van der Waals surface area contributed by atoms with E-state index in [4.69, 9.17) is 14.2 Å². The van der Waals surface area contributed by atoms with Crippen LogP contribution in [0.25, 0.3) is 0 Å². The van der Waals surface area contributed by atoms with Gasteiger partial charge in [0.2, 0.25) is 0 Å². The second kappa shape index (κ2) is 6.78. The molecule has 0 saturated carbocycles. The third kappa shape index (κ3) is 4.33.